The zero-order valence-electron chi connectivity index (χ0n) is 9.29. The van der Waals surface area contributed by atoms with Crippen molar-refractivity contribution in [3.8, 4) is 0 Å². The number of ether oxygens (including phenoxy) is 1. The smallest absolute Gasteiger partial charge is 0.252 e. The van der Waals surface area contributed by atoms with Crippen LogP contribution in [-0.4, -0.2) is 36.0 Å². The first kappa shape index (κ1) is 14.6. The van der Waals surface area contributed by atoms with E-state index in [0.29, 0.717) is 25.3 Å². The van der Waals surface area contributed by atoms with Gasteiger partial charge in [-0.25, -0.2) is 0 Å². The molecule has 94 valence electrons. The van der Waals surface area contributed by atoms with Crippen LogP contribution < -0.4 is 5.32 Å². The number of alkyl halides is 1. The van der Waals surface area contributed by atoms with Crippen LogP contribution in [0.4, 0.5) is 0 Å². The highest BCUT2D eigenvalue weighted by molar-refractivity contribution is 9.10. The van der Waals surface area contributed by atoms with Crippen LogP contribution in [0.2, 0.25) is 0 Å². The van der Waals surface area contributed by atoms with Gasteiger partial charge in [-0.3, -0.25) is 9.78 Å². The van der Waals surface area contributed by atoms with Crippen molar-refractivity contribution in [2.24, 2.45) is 0 Å². The van der Waals surface area contributed by atoms with Crippen LogP contribution in [0.3, 0.4) is 0 Å². The van der Waals surface area contributed by atoms with E-state index >= 15 is 0 Å². The van der Waals surface area contributed by atoms with Crippen molar-refractivity contribution in [3.63, 3.8) is 0 Å². The molecule has 1 heterocycles. The van der Waals surface area contributed by atoms with Gasteiger partial charge in [0.05, 0.1) is 12.2 Å². The topological polar surface area (TPSA) is 51.2 Å². The molecule has 0 aliphatic carbocycles. The molecule has 6 heteroatoms. The van der Waals surface area contributed by atoms with Gasteiger partial charge >= 0.3 is 0 Å². The Morgan fingerprint density at radius 2 is 2.24 bits per heavy atom. The molecule has 1 aromatic rings. The minimum atomic E-state index is -0.112. The summed E-state index contributed by atoms with van der Waals surface area (Å²) < 4.78 is 6.07. The maximum absolute atomic E-state index is 11.7. The Labute approximate surface area is 117 Å². The number of nitrogens with one attached hydrogen (secondary N) is 1. The van der Waals surface area contributed by atoms with Crippen molar-refractivity contribution in [1.82, 2.24) is 10.3 Å². The molecule has 0 aliphatic rings. The molecule has 0 saturated carbocycles. The first-order valence-electron chi connectivity index (χ1n) is 5.26. The van der Waals surface area contributed by atoms with Crippen molar-refractivity contribution in [1.29, 1.82) is 0 Å². The van der Waals surface area contributed by atoms with Gasteiger partial charge in [-0.15, -0.1) is 0 Å². The molecule has 17 heavy (non-hydrogen) atoms. The van der Waals surface area contributed by atoms with Crippen LogP contribution in [0.15, 0.2) is 22.9 Å². The molecule has 0 aliphatic heterocycles. The molecule has 0 atom stereocenters. The number of aromatic nitrogens is 1. The third kappa shape index (κ3) is 6.14. The quantitative estimate of drug-likeness (QED) is 0.596. The number of rotatable bonds is 7. The van der Waals surface area contributed by atoms with E-state index in [2.05, 4.69) is 42.2 Å². The number of hydrogen-bond acceptors (Lipinski definition) is 3. The van der Waals surface area contributed by atoms with Gasteiger partial charge < -0.3 is 10.1 Å². The summed E-state index contributed by atoms with van der Waals surface area (Å²) in [7, 11) is 0. The molecular weight excluding hydrogens is 352 g/mol. The van der Waals surface area contributed by atoms with Crippen LogP contribution in [0, 0.1) is 0 Å². The molecule has 1 aromatic heterocycles. The number of carbonyl (C=O) groups excluding carboxylic acids is 1. The van der Waals surface area contributed by atoms with Crippen LogP contribution >= 0.6 is 31.9 Å². The normalized spacial score (nSPS) is 10.2. The maximum atomic E-state index is 11.7. The van der Waals surface area contributed by atoms with Gasteiger partial charge in [-0.1, -0.05) is 15.9 Å². The summed E-state index contributed by atoms with van der Waals surface area (Å²) in [6, 6.07) is 1.74. The zero-order chi connectivity index (χ0) is 12.5. The molecule has 0 fully saturated rings. The molecule has 0 unspecified atom stereocenters. The molecule has 4 nitrogen and oxygen atoms in total. The van der Waals surface area contributed by atoms with E-state index < -0.39 is 0 Å². The van der Waals surface area contributed by atoms with Crippen molar-refractivity contribution in [3.05, 3.63) is 28.5 Å². The second-order valence-electron chi connectivity index (χ2n) is 3.30. The fraction of sp³-hybridized carbons (Fsp3) is 0.455. The Hall–Kier alpha value is -0.460. The second kappa shape index (κ2) is 8.60. The number of amides is 1. The average Bonchev–Trinajstić information content (AvgIpc) is 2.33. The summed E-state index contributed by atoms with van der Waals surface area (Å²) in [6.45, 7) is 1.96. The summed E-state index contributed by atoms with van der Waals surface area (Å²) in [4.78, 5) is 15.6. The van der Waals surface area contributed by atoms with Gasteiger partial charge in [-0.2, -0.15) is 0 Å². The number of pyridine rings is 1. The van der Waals surface area contributed by atoms with Gasteiger partial charge in [0.2, 0.25) is 0 Å². The molecule has 0 saturated heterocycles. The second-order valence-corrected chi connectivity index (χ2v) is 5.01. The van der Waals surface area contributed by atoms with Gasteiger partial charge in [-0.05, 0) is 28.4 Å². The Morgan fingerprint density at radius 1 is 1.41 bits per heavy atom. The SMILES string of the molecule is O=C(NCCCOCCBr)c1cncc(Br)c1. The van der Waals surface area contributed by atoms with Crippen molar-refractivity contribution >= 4 is 37.8 Å². The third-order valence-electron chi connectivity index (χ3n) is 1.94. The first-order valence-corrected chi connectivity index (χ1v) is 7.18. The third-order valence-corrected chi connectivity index (χ3v) is 2.70. The minimum Gasteiger partial charge on any atom is -0.381 e. The number of hydrogen-bond donors (Lipinski definition) is 1. The molecule has 0 radical (unpaired) electrons. The summed E-state index contributed by atoms with van der Waals surface area (Å²) in [6.07, 6.45) is 3.99. The van der Waals surface area contributed by atoms with Gasteiger partial charge in [0.1, 0.15) is 0 Å². The highest BCUT2D eigenvalue weighted by Crippen LogP contribution is 2.09. The molecule has 1 N–H and O–H groups in total. The predicted octanol–water partition coefficient (Wildman–Crippen LogP) is 2.38. The largest absolute Gasteiger partial charge is 0.381 e. The van der Waals surface area contributed by atoms with Crippen LogP contribution in [0.5, 0.6) is 0 Å². The molecular formula is C11H14Br2N2O2. The Kier molecular flexibility index (Phi) is 7.39. The summed E-state index contributed by atoms with van der Waals surface area (Å²) in [5, 5.41) is 3.65. The minimum absolute atomic E-state index is 0.112. The summed E-state index contributed by atoms with van der Waals surface area (Å²) >= 11 is 6.55. The predicted molar refractivity (Wildman–Crippen MR) is 73.5 cm³/mol. The molecule has 0 spiro atoms. The van der Waals surface area contributed by atoms with E-state index in [9.17, 15) is 4.79 Å². The summed E-state index contributed by atoms with van der Waals surface area (Å²) in [5.41, 5.74) is 0.556. The lowest BCUT2D eigenvalue weighted by Crippen LogP contribution is -2.25. The summed E-state index contributed by atoms with van der Waals surface area (Å²) in [5.74, 6) is -0.112. The van der Waals surface area contributed by atoms with E-state index in [1.165, 1.54) is 0 Å². The Morgan fingerprint density at radius 3 is 2.94 bits per heavy atom. The molecule has 0 aromatic carbocycles. The van der Waals surface area contributed by atoms with E-state index in [0.717, 1.165) is 16.2 Å². The highest BCUT2D eigenvalue weighted by Gasteiger charge is 2.05. The molecule has 1 rings (SSSR count). The van der Waals surface area contributed by atoms with Crippen molar-refractivity contribution in [2.45, 2.75) is 6.42 Å². The lowest BCUT2D eigenvalue weighted by molar-refractivity contribution is 0.0944. The van der Waals surface area contributed by atoms with Gasteiger partial charge in [0, 0.05) is 35.3 Å². The number of halogens is 2. The molecule has 1 amide bonds. The Bertz CT molecular complexity index is 361. The van der Waals surface area contributed by atoms with Crippen LogP contribution in [-0.2, 0) is 4.74 Å². The van der Waals surface area contributed by atoms with E-state index in [-0.39, 0.29) is 5.91 Å². The lowest BCUT2D eigenvalue weighted by Gasteiger charge is -2.05. The van der Waals surface area contributed by atoms with E-state index in [4.69, 9.17) is 4.74 Å². The zero-order valence-corrected chi connectivity index (χ0v) is 12.5. The monoisotopic (exact) mass is 364 g/mol. The van der Waals surface area contributed by atoms with Crippen molar-refractivity contribution < 1.29 is 9.53 Å². The van der Waals surface area contributed by atoms with Gasteiger partial charge in [0.15, 0.2) is 0 Å². The maximum Gasteiger partial charge on any atom is 0.252 e. The fourth-order valence-electron chi connectivity index (χ4n) is 1.17. The lowest BCUT2D eigenvalue weighted by atomic mass is 10.2. The van der Waals surface area contributed by atoms with Gasteiger partial charge in [0.25, 0.3) is 5.91 Å². The Balaban J connectivity index is 2.21. The standard InChI is InChI=1S/C11H14Br2N2O2/c12-2-5-17-4-1-3-15-11(16)9-6-10(13)8-14-7-9/h6-8H,1-5H2,(H,15,16). The van der Waals surface area contributed by atoms with Crippen LogP contribution in [0.25, 0.3) is 0 Å². The first-order chi connectivity index (χ1) is 8.24. The average molecular weight is 366 g/mol. The highest BCUT2D eigenvalue weighted by atomic mass is 79.9. The van der Waals surface area contributed by atoms with Crippen LogP contribution in [0.1, 0.15) is 16.8 Å². The van der Waals surface area contributed by atoms with E-state index in [1.54, 1.807) is 18.5 Å². The molecule has 0 bridgehead atoms. The van der Waals surface area contributed by atoms with E-state index in [1.807, 2.05) is 0 Å². The number of nitrogens with zero attached hydrogens (tertiary/aromatic N) is 1. The van der Waals surface area contributed by atoms with Crippen molar-refractivity contribution in [2.75, 3.05) is 25.1 Å². The fourth-order valence-corrected chi connectivity index (χ4v) is 1.76. The number of carbonyl (C=O) groups is 1.